The Hall–Kier alpha value is -1.29. The standard InChI is InChI=1S/C13H23N3O/c1-10-9-12(13(17)15(5)6)11(2)16(10)8-7-14(3)4/h9H,7-8H2,1-6H3. The van der Waals surface area contributed by atoms with Crippen LogP contribution in [0, 0.1) is 13.8 Å². The second-order valence-corrected chi connectivity index (χ2v) is 4.94. The van der Waals surface area contributed by atoms with Gasteiger partial charge in [0.05, 0.1) is 5.56 Å². The van der Waals surface area contributed by atoms with E-state index >= 15 is 0 Å². The third-order valence-corrected chi connectivity index (χ3v) is 2.98. The largest absolute Gasteiger partial charge is 0.347 e. The molecule has 0 spiro atoms. The van der Waals surface area contributed by atoms with Gasteiger partial charge in [-0.15, -0.1) is 0 Å². The molecule has 0 radical (unpaired) electrons. The average Bonchev–Trinajstić information content (AvgIpc) is 2.50. The molecule has 0 aliphatic heterocycles. The topological polar surface area (TPSA) is 28.5 Å². The van der Waals surface area contributed by atoms with Crippen LogP contribution in [0.25, 0.3) is 0 Å². The molecule has 4 nitrogen and oxygen atoms in total. The lowest BCUT2D eigenvalue weighted by Gasteiger charge is -2.14. The van der Waals surface area contributed by atoms with Gasteiger partial charge < -0.3 is 14.4 Å². The summed E-state index contributed by atoms with van der Waals surface area (Å²) < 4.78 is 2.21. The molecular weight excluding hydrogens is 214 g/mol. The van der Waals surface area contributed by atoms with E-state index in [1.165, 1.54) is 0 Å². The molecule has 0 aromatic carbocycles. The van der Waals surface area contributed by atoms with Crippen LogP contribution in [-0.2, 0) is 6.54 Å². The van der Waals surface area contributed by atoms with E-state index in [0.29, 0.717) is 0 Å². The average molecular weight is 237 g/mol. The maximum Gasteiger partial charge on any atom is 0.255 e. The Labute approximate surface area is 104 Å². The van der Waals surface area contributed by atoms with Crippen molar-refractivity contribution in [2.24, 2.45) is 0 Å². The highest BCUT2D eigenvalue weighted by molar-refractivity contribution is 5.95. The van der Waals surface area contributed by atoms with Gasteiger partial charge >= 0.3 is 0 Å². The SMILES string of the molecule is Cc1cc(C(=O)N(C)C)c(C)n1CCN(C)C. The summed E-state index contributed by atoms with van der Waals surface area (Å²) in [6.07, 6.45) is 0. The molecule has 0 N–H and O–H groups in total. The van der Waals surface area contributed by atoms with Gasteiger partial charge in [-0.2, -0.15) is 0 Å². The maximum atomic E-state index is 12.0. The predicted molar refractivity (Wildman–Crippen MR) is 70.5 cm³/mol. The second kappa shape index (κ2) is 5.36. The van der Waals surface area contributed by atoms with E-state index in [4.69, 9.17) is 0 Å². The van der Waals surface area contributed by atoms with Gasteiger partial charge in [0.15, 0.2) is 0 Å². The first-order valence-electron chi connectivity index (χ1n) is 5.87. The summed E-state index contributed by atoms with van der Waals surface area (Å²) in [5.74, 6) is 0.0780. The Morgan fingerprint density at radius 1 is 1.24 bits per heavy atom. The molecule has 1 amide bonds. The Morgan fingerprint density at radius 2 is 1.82 bits per heavy atom. The Morgan fingerprint density at radius 3 is 2.29 bits per heavy atom. The highest BCUT2D eigenvalue weighted by Gasteiger charge is 2.16. The van der Waals surface area contributed by atoms with E-state index in [1.807, 2.05) is 13.0 Å². The number of nitrogens with zero attached hydrogens (tertiary/aromatic N) is 3. The first-order chi connectivity index (χ1) is 7.84. The van der Waals surface area contributed by atoms with Gasteiger partial charge in [-0.1, -0.05) is 0 Å². The fourth-order valence-electron chi connectivity index (χ4n) is 1.90. The number of likely N-dealkylation sites (N-methyl/N-ethyl adjacent to an activating group) is 1. The molecule has 0 aliphatic rings. The van der Waals surface area contributed by atoms with Crippen LogP contribution < -0.4 is 0 Å². The number of aryl methyl sites for hydroxylation is 1. The van der Waals surface area contributed by atoms with Crippen molar-refractivity contribution in [1.29, 1.82) is 0 Å². The van der Waals surface area contributed by atoms with E-state index in [2.05, 4.69) is 30.5 Å². The van der Waals surface area contributed by atoms with Gasteiger partial charge in [0, 0.05) is 38.6 Å². The van der Waals surface area contributed by atoms with Crippen molar-refractivity contribution >= 4 is 5.91 Å². The van der Waals surface area contributed by atoms with Crippen LogP contribution in [0.4, 0.5) is 0 Å². The summed E-state index contributed by atoms with van der Waals surface area (Å²) in [6.45, 7) is 5.96. The normalized spacial score (nSPS) is 11.0. The summed E-state index contributed by atoms with van der Waals surface area (Å²) in [5.41, 5.74) is 3.02. The monoisotopic (exact) mass is 237 g/mol. The van der Waals surface area contributed by atoms with E-state index in [1.54, 1.807) is 19.0 Å². The van der Waals surface area contributed by atoms with E-state index in [-0.39, 0.29) is 5.91 Å². The first-order valence-corrected chi connectivity index (χ1v) is 5.87. The number of hydrogen-bond donors (Lipinski definition) is 0. The number of carbonyl (C=O) groups excluding carboxylic acids is 1. The number of aromatic nitrogens is 1. The van der Waals surface area contributed by atoms with Gasteiger partial charge in [0.25, 0.3) is 5.91 Å². The number of hydrogen-bond acceptors (Lipinski definition) is 2. The fourth-order valence-corrected chi connectivity index (χ4v) is 1.90. The molecule has 0 bridgehead atoms. The minimum absolute atomic E-state index is 0.0780. The lowest BCUT2D eigenvalue weighted by molar-refractivity contribution is 0.0827. The highest BCUT2D eigenvalue weighted by atomic mass is 16.2. The molecule has 96 valence electrons. The quantitative estimate of drug-likeness (QED) is 0.791. The molecule has 0 aliphatic carbocycles. The highest BCUT2D eigenvalue weighted by Crippen LogP contribution is 2.16. The van der Waals surface area contributed by atoms with Gasteiger partial charge in [0.1, 0.15) is 0 Å². The third kappa shape index (κ3) is 3.09. The van der Waals surface area contributed by atoms with Crippen LogP contribution in [0.1, 0.15) is 21.7 Å². The lowest BCUT2D eigenvalue weighted by atomic mass is 10.2. The molecular formula is C13H23N3O. The van der Waals surface area contributed by atoms with Crippen LogP contribution in [0.5, 0.6) is 0 Å². The van der Waals surface area contributed by atoms with Gasteiger partial charge in [0.2, 0.25) is 0 Å². The van der Waals surface area contributed by atoms with Crippen molar-refractivity contribution in [2.45, 2.75) is 20.4 Å². The zero-order valence-corrected chi connectivity index (χ0v) is 11.7. The molecule has 0 fully saturated rings. The van der Waals surface area contributed by atoms with Gasteiger partial charge in [-0.3, -0.25) is 4.79 Å². The Bertz CT molecular complexity index is 405. The number of carbonyl (C=O) groups is 1. The Balaban J connectivity index is 2.97. The summed E-state index contributed by atoms with van der Waals surface area (Å²) in [7, 11) is 7.68. The summed E-state index contributed by atoms with van der Waals surface area (Å²) in [5, 5.41) is 0. The van der Waals surface area contributed by atoms with Crippen LogP contribution in [-0.4, -0.2) is 55.0 Å². The molecule has 17 heavy (non-hydrogen) atoms. The molecule has 0 atom stereocenters. The van der Waals surface area contributed by atoms with Crippen LogP contribution in [0.3, 0.4) is 0 Å². The van der Waals surface area contributed by atoms with Gasteiger partial charge in [-0.25, -0.2) is 0 Å². The summed E-state index contributed by atoms with van der Waals surface area (Å²) in [4.78, 5) is 15.7. The van der Waals surface area contributed by atoms with Crippen molar-refractivity contribution in [2.75, 3.05) is 34.7 Å². The zero-order chi connectivity index (χ0) is 13.2. The first kappa shape index (κ1) is 13.8. The van der Waals surface area contributed by atoms with Crippen molar-refractivity contribution in [3.63, 3.8) is 0 Å². The van der Waals surface area contributed by atoms with Crippen molar-refractivity contribution in [1.82, 2.24) is 14.4 Å². The third-order valence-electron chi connectivity index (χ3n) is 2.98. The molecule has 1 heterocycles. The molecule has 1 aromatic rings. The van der Waals surface area contributed by atoms with Crippen molar-refractivity contribution < 1.29 is 4.79 Å². The minimum atomic E-state index is 0.0780. The van der Waals surface area contributed by atoms with Crippen LogP contribution in [0.2, 0.25) is 0 Å². The fraction of sp³-hybridized carbons (Fsp3) is 0.615. The second-order valence-electron chi connectivity index (χ2n) is 4.94. The lowest BCUT2D eigenvalue weighted by Crippen LogP contribution is -2.23. The maximum absolute atomic E-state index is 12.0. The van der Waals surface area contributed by atoms with E-state index in [9.17, 15) is 4.79 Å². The van der Waals surface area contributed by atoms with Crippen molar-refractivity contribution in [3.8, 4) is 0 Å². The number of amides is 1. The molecule has 4 heteroatoms. The summed E-state index contributed by atoms with van der Waals surface area (Å²) in [6, 6.07) is 1.98. The zero-order valence-electron chi connectivity index (χ0n) is 11.7. The number of rotatable bonds is 4. The predicted octanol–water partition coefficient (Wildman–Crippen LogP) is 1.37. The van der Waals surface area contributed by atoms with E-state index in [0.717, 1.165) is 30.0 Å². The van der Waals surface area contributed by atoms with Crippen molar-refractivity contribution in [3.05, 3.63) is 23.0 Å². The molecule has 0 saturated carbocycles. The van der Waals surface area contributed by atoms with Gasteiger partial charge in [-0.05, 0) is 34.0 Å². The van der Waals surface area contributed by atoms with Crippen LogP contribution in [0.15, 0.2) is 6.07 Å². The molecule has 0 unspecified atom stereocenters. The smallest absolute Gasteiger partial charge is 0.255 e. The minimum Gasteiger partial charge on any atom is -0.347 e. The Kier molecular flexibility index (Phi) is 4.34. The molecule has 1 aromatic heterocycles. The van der Waals surface area contributed by atoms with E-state index < -0.39 is 0 Å². The molecule has 0 saturated heterocycles. The molecule has 1 rings (SSSR count). The van der Waals surface area contributed by atoms with Crippen LogP contribution >= 0.6 is 0 Å². The summed E-state index contributed by atoms with van der Waals surface area (Å²) >= 11 is 0.